The Morgan fingerprint density at radius 1 is 1.00 bits per heavy atom. The van der Waals surface area contributed by atoms with E-state index < -0.39 is 38.2 Å². The molecule has 2 aromatic carbocycles. The molecule has 10 heteroatoms. The summed E-state index contributed by atoms with van der Waals surface area (Å²) in [7, 11) is -2.96. The summed E-state index contributed by atoms with van der Waals surface area (Å²) in [6.45, 7) is 3.81. The predicted octanol–water partition coefficient (Wildman–Crippen LogP) is 5.26. The van der Waals surface area contributed by atoms with Crippen LogP contribution in [0.15, 0.2) is 81.3 Å². The van der Waals surface area contributed by atoms with Crippen LogP contribution in [-0.2, 0) is 21.0 Å². The normalized spacial score (nSPS) is 12.4. The lowest BCUT2D eigenvalue weighted by molar-refractivity contribution is 0.161. The highest BCUT2D eigenvalue weighted by atomic mass is 32.2. The molecular formula is C30H32FN3O5S. The highest BCUT2D eigenvalue weighted by molar-refractivity contribution is 7.91. The van der Waals surface area contributed by atoms with Crippen LogP contribution in [0.25, 0.3) is 11.1 Å². The van der Waals surface area contributed by atoms with Crippen LogP contribution in [0.4, 0.5) is 4.39 Å². The molecule has 8 nitrogen and oxygen atoms in total. The molecule has 0 spiro atoms. The molecule has 40 heavy (non-hydrogen) atoms. The molecule has 0 radical (unpaired) electrons. The maximum absolute atomic E-state index is 13.8. The van der Waals surface area contributed by atoms with Crippen molar-refractivity contribution in [3.8, 4) is 17.0 Å². The summed E-state index contributed by atoms with van der Waals surface area (Å²) in [4.78, 5) is 20.2. The van der Waals surface area contributed by atoms with Crippen LogP contribution >= 0.6 is 0 Å². The number of hydrogen-bond acceptors (Lipinski definition) is 7. The van der Waals surface area contributed by atoms with E-state index in [1.54, 1.807) is 25.1 Å². The number of unbranched alkanes of at least 4 members (excludes halogenated alkanes) is 2. The van der Waals surface area contributed by atoms with Crippen LogP contribution in [0.1, 0.15) is 49.3 Å². The van der Waals surface area contributed by atoms with Gasteiger partial charge in [0.2, 0.25) is 21.7 Å². The summed E-state index contributed by atoms with van der Waals surface area (Å²) in [5.41, 5.74) is 1.45. The van der Waals surface area contributed by atoms with Crippen molar-refractivity contribution in [1.29, 1.82) is 0 Å². The first-order valence-electron chi connectivity index (χ1n) is 13.1. The molecule has 0 saturated heterocycles. The van der Waals surface area contributed by atoms with E-state index in [4.69, 9.17) is 4.74 Å². The van der Waals surface area contributed by atoms with Crippen molar-refractivity contribution in [2.45, 2.75) is 55.4 Å². The fraction of sp³-hybridized carbons (Fsp3) is 0.300. The Morgan fingerprint density at radius 2 is 1.70 bits per heavy atom. The van der Waals surface area contributed by atoms with E-state index in [1.165, 1.54) is 29.9 Å². The van der Waals surface area contributed by atoms with Crippen molar-refractivity contribution in [2.75, 3.05) is 13.7 Å². The largest absolute Gasteiger partial charge is 0.493 e. The SMILES string of the molecule is CCCCCc1nc(=O)c(S(=O)(=O)c2ccc(-c3ccc(F)nc3C)cc2)c(O)n1[C@@H](COC)c1ccccc1. The third-order valence-corrected chi connectivity index (χ3v) is 8.54. The van der Waals surface area contributed by atoms with Gasteiger partial charge in [-0.05, 0) is 48.7 Å². The number of aromatic hydroxyl groups is 1. The fourth-order valence-corrected chi connectivity index (χ4v) is 6.09. The van der Waals surface area contributed by atoms with Crippen LogP contribution < -0.4 is 5.56 Å². The van der Waals surface area contributed by atoms with E-state index >= 15 is 0 Å². The van der Waals surface area contributed by atoms with Crippen LogP contribution in [0.3, 0.4) is 0 Å². The van der Waals surface area contributed by atoms with E-state index in [0.29, 0.717) is 29.7 Å². The van der Waals surface area contributed by atoms with Crippen molar-refractivity contribution < 1.29 is 22.7 Å². The highest BCUT2D eigenvalue weighted by Crippen LogP contribution is 2.33. The number of rotatable bonds is 11. The van der Waals surface area contributed by atoms with Crippen LogP contribution in [0.2, 0.25) is 0 Å². The number of ether oxygens (including phenoxy) is 1. The standard InChI is InChI=1S/C30H32FN3O5S/c1-4-5-7-12-27-33-29(35)28(30(36)34(27)25(19-39-3)22-10-8-6-9-11-22)40(37,38)23-15-13-21(14-16-23)24-17-18-26(31)32-20(24)2/h6,8-11,13-18,25,36H,4-5,7,12,19H2,1-3H3/t25-/m0/s1. The van der Waals surface area contributed by atoms with Gasteiger partial charge in [0.25, 0.3) is 5.56 Å². The molecule has 0 aliphatic rings. The lowest BCUT2D eigenvalue weighted by atomic mass is 10.1. The minimum Gasteiger partial charge on any atom is -0.493 e. The molecule has 0 bridgehead atoms. The van der Waals surface area contributed by atoms with Crippen molar-refractivity contribution in [2.24, 2.45) is 0 Å². The molecular weight excluding hydrogens is 533 g/mol. The lowest BCUT2D eigenvalue weighted by Gasteiger charge is -2.25. The maximum atomic E-state index is 13.8. The summed E-state index contributed by atoms with van der Waals surface area (Å²) in [5.74, 6) is -1.00. The molecule has 1 N–H and O–H groups in total. The third kappa shape index (κ3) is 5.97. The first-order chi connectivity index (χ1) is 19.2. The Bertz CT molecular complexity index is 1640. The molecule has 4 rings (SSSR count). The first kappa shape index (κ1) is 29.1. The Balaban J connectivity index is 1.85. The molecule has 0 aliphatic carbocycles. The second kappa shape index (κ2) is 12.5. The molecule has 210 valence electrons. The summed E-state index contributed by atoms with van der Waals surface area (Å²) in [6, 6.07) is 17.2. The number of aryl methyl sites for hydroxylation is 2. The molecule has 2 aromatic heterocycles. The molecule has 0 aliphatic heterocycles. The average Bonchev–Trinajstić information content (AvgIpc) is 2.93. The lowest BCUT2D eigenvalue weighted by Crippen LogP contribution is -2.29. The molecule has 0 amide bonds. The molecule has 0 unspecified atom stereocenters. The van der Waals surface area contributed by atoms with Crippen LogP contribution in [0, 0.1) is 12.9 Å². The van der Waals surface area contributed by atoms with Crippen molar-refractivity contribution in [1.82, 2.24) is 14.5 Å². The number of hydrogen-bond donors (Lipinski definition) is 1. The second-order valence-electron chi connectivity index (χ2n) is 9.49. The monoisotopic (exact) mass is 565 g/mol. The van der Waals surface area contributed by atoms with Gasteiger partial charge in [-0.1, -0.05) is 62.2 Å². The van der Waals surface area contributed by atoms with Crippen LogP contribution in [-0.4, -0.2) is 41.8 Å². The maximum Gasteiger partial charge on any atom is 0.296 e. The summed E-state index contributed by atoms with van der Waals surface area (Å²) >= 11 is 0. The summed E-state index contributed by atoms with van der Waals surface area (Å²) in [5, 5.41) is 11.5. The zero-order valence-electron chi connectivity index (χ0n) is 22.7. The van der Waals surface area contributed by atoms with Crippen molar-refractivity contribution in [3.05, 3.63) is 100 Å². The molecule has 2 heterocycles. The average molecular weight is 566 g/mol. The second-order valence-corrected chi connectivity index (χ2v) is 11.4. The van der Waals surface area contributed by atoms with E-state index in [0.717, 1.165) is 18.4 Å². The number of halogens is 1. The zero-order valence-corrected chi connectivity index (χ0v) is 23.5. The van der Waals surface area contributed by atoms with Gasteiger partial charge in [-0.15, -0.1) is 0 Å². The van der Waals surface area contributed by atoms with Gasteiger partial charge in [-0.2, -0.15) is 9.37 Å². The van der Waals surface area contributed by atoms with Gasteiger partial charge in [-0.25, -0.2) is 13.4 Å². The Kier molecular flexibility index (Phi) is 9.11. The van der Waals surface area contributed by atoms with Crippen LogP contribution in [0.5, 0.6) is 5.88 Å². The van der Waals surface area contributed by atoms with Gasteiger partial charge < -0.3 is 9.84 Å². The van der Waals surface area contributed by atoms with Gasteiger partial charge in [-0.3, -0.25) is 9.36 Å². The number of nitrogens with zero attached hydrogens (tertiary/aromatic N) is 3. The molecule has 4 aromatic rings. The van der Waals surface area contributed by atoms with E-state index in [-0.39, 0.29) is 17.3 Å². The molecule has 0 saturated carbocycles. The predicted molar refractivity (Wildman–Crippen MR) is 150 cm³/mol. The Hall–Kier alpha value is -3.89. The highest BCUT2D eigenvalue weighted by Gasteiger charge is 2.32. The Morgan fingerprint density at radius 3 is 2.33 bits per heavy atom. The van der Waals surface area contributed by atoms with Gasteiger partial charge in [0.05, 0.1) is 17.5 Å². The smallest absolute Gasteiger partial charge is 0.296 e. The van der Waals surface area contributed by atoms with Crippen molar-refractivity contribution in [3.63, 3.8) is 0 Å². The molecule has 0 fully saturated rings. The van der Waals surface area contributed by atoms with Gasteiger partial charge in [0.1, 0.15) is 5.82 Å². The number of aromatic nitrogens is 3. The van der Waals surface area contributed by atoms with Gasteiger partial charge in [0.15, 0.2) is 4.90 Å². The summed E-state index contributed by atoms with van der Waals surface area (Å²) in [6.07, 6.45) is 2.91. The minimum absolute atomic E-state index is 0.113. The van der Waals surface area contributed by atoms with E-state index in [9.17, 15) is 22.7 Å². The molecule has 1 atom stereocenters. The minimum atomic E-state index is -4.47. The number of pyridine rings is 1. The number of benzene rings is 2. The number of sulfone groups is 1. The number of methoxy groups -OCH3 is 1. The Labute approximate surface area is 233 Å². The third-order valence-electron chi connectivity index (χ3n) is 6.75. The topological polar surface area (TPSA) is 111 Å². The van der Waals surface area contributed by atoms with E-state index in [1.807, 2.05) is 37.3 Å². The summed E-state index contributed by atoms with van der Waals surface area (Å²) < 4.78 is 47.8. The van der Waals surface area contributed by atoms with Crippen molar-refractivity contribution >= 4 is 9.84 Å². The van der Waals surface area contributed by atoms with Gasteiger partial charge >= 0.3 is 0 Å². The van der Waals surface area contributed by atoms with Gasteiger partial charge in [0, 0.05) is 24.8 Å². The van der Waals surface area contributed by atoms with E-state index in [2.05, 4.69) is 9.97 Å². The first-order valence-corrected chi connectivity index (χ1v) is 14.5. The fourth-order valence-electron chi connectivity index (χ4n) is 4.74. The zero-order chi connectivity index (χ0) is 28.9. The quantitative estimate of drug-likeness (QED) is 0.195.